The predicted molar refractivity (Wildman–Crippen MR) is 155 cm³/mol. The Morgan fingerprint density at radius 3 is 1.93 bits per heavy atom. The molecule has 2 aromatic heterocycles. The maximum atomic E-state index is 14.0. The summed E-state index contributed by atoms with van der Waals surface area (Å²) in [5, 5.41) is 7.69. The monoisotopic (exact) mass is 665 g/mol. The van der Waals surface area contributed by atoms with Gasteiger partial charge in [0.2, 0.25) is 20.6 Å². The van der Waals surface area contributed by atoms with Crippen LogP contribution >= 0.6 is 24.4 Å². The summed E-state index contributed by atoms with van der Waals surface area (Å²) in [7, 11) is 5.55. The molecule has 1 unspecified atom stereocenters. The number of carbonyl (C=O) groups is 3. The number of methoxy groups -OCH3 is 2. The van der Waals surface area contributed by atoms with Crippen molar-refractivity contribution in [3.05, 3.63) is 39.1 Å². The molecule has 0 saturated heterocycles. The molecule has 2 heterocycles. The van der Waals surface area contributed by atoms with Gasteiger partial charge in [-0.05, 0) is 50.4 Å². The van der Waals surface area contributed by atoms with Gasteiger partial charge in [-0.1, -0.05) is 19.9 Å². The molecule has 0 fully saturated rings. The number of carbonyl (C=O) groups excluding carboxylic acids is 3. The van der Waals surface area contributed by atoms with Crippen molar-refractivity contribution in [2.24, 2.45) is 14.1 Å². The molecule has 0 spiro atoms. The third-order valence-electron chi connectivity index (χ3n) is 4.71. The van der Waals surface area contributed by atoms with Gasteiger partial charge in [0, 0.05) is 14.1 Å². The summed E-state index contributed by atoms with van der Waals surface area (Å²) >= 11 is 7.44. The minimum Gasteiger partial charge on any atom is -0.465 e. The highest BCUT2D eigenvalue weighted by atomic mass is 32.2. The van der Waals surface area contributed by atoms with Crippen LogP contribution in [-0.2, 0) is 38.9 Å². The molecule has 0 aliphatic carbocycles. The summed E-state index contributed by atoms with van der Waals surface area (Å²) in [6.45, 7) is 8.30. The highest BCUT2D eigenvalue weighted by Crippen LogP contribution is 2.19. The number of amides is 1. The molecule has 0 saturated carbocycles. The predicted octanol–water partition coefficient (Wildman–Crippen LogP) is 3.48. The van der Waals surface area contributed by atoms with E-state index in [4.69, 9.17) is 38.2 Å². The molecular weight excluding hydrogens is 633 g/mol. The molecule has 16 nitrogen and oxygen atoms in total. The van der Waals surface area contributed by atoms with Crippen LogP contribution in [0.4, 0.5) is 14.0 Å². The molecule has 0 bridgehead atoms. The van der Waals surface area contributed by atoms with Crippen molar-refractivity contribution in [2.75, 3.05) is 27.4 Å². The quantitative estimate of drug-likeness (QED) is 0.211. The zero-order chi connectivity index (χ0) is 32.9. The third-order valence-corrected chi connectivity index (χ3v) is 6.59. The molecule has 1 amide bonds. The van der Waals surface area contributed by atoms with Crippen LogP contribution in [0.3, 0.4) is 0 Å². The van der Waals surface area contributed by atoms with Crippen LogP contribution in [0.25, 0.3) is 0 Å². The molecule has 238 valence electrons. The van der Waals surface area contributed by atoms with Crippen LogP contribution in [0.1, 0.15) is 38.1 Å². The third kappa shape index (κ3) is 9.24. The average Bonchev–Trinajstić information content (AvgIpc) is 3.46. The Bertz CT molecular complexity index is 1570. The van der Waals surface area contributed by atoms with Crippen molar-refractivity contribution in [2.45, 2.75) is 32.6 Å². The molecule has 1 N–H and O–H groups in total. The highest BCUT2D eigenvalue weighted by molar-refractivity contribution is 7.80. The topological polar surface area (TPSA) is 172 Å². The second kappa shape index (κ2) is 17.8. The zero-order valence-electron chi connectivity index (χ0n) is 24.6. The lowest BCUT2D eigenvalue weighted by Crippen LogP contribution is -2.31. The maximum absolute atomic E-state index is 14.0. The first-order valence-electron chi connectivity index (χ1n) is 12.4. The van der Waals surface area contributed by atoms with Crippen molar-refractivity contribution in [3.63, 3.8) is 0 Å². The number of hydroxylamine groups is 1. The fraction of sp³-hybridized carbons (Fsp3) is 0.435. The lowest BCUT2D eigenvalue weighted by atomic mass is 10.2. The van der Waals surface area contributed by atoms with Gasteiger partial charge in [0.25, 0.3) is 0 Å². The number of esters is 1. The summed E-state index contributed by atoms with van der Waals surface area (Å²) in [5.41, 5.74) is 1.53. The van der Waals surface area contributed by atoms with Crippen LogP contribution in [0.15, 0.2) is 23.1 Å². The van der Waals surface area contributed by atoms with Crippen molar-refractivity contribution >= 4 is 53.6 Å². The summed E-state index contributed by atoms with van der Waals surface area (Å²) in [6.07, 6.45) is -0.628. The molecule has 1 aromatic carbocycles. The summed E-state index contributed by atoms with van der Waals surface area (Å²) in [4.78, 5) is 34.4. The maximum Gasteiger partial charge on any atom is 0.437 e. The summed E-state index contributed by atoms with van der Waals surface area (Å²) in [5.74, 6) is -1.89. The first-order chi connectivity index (χ1) is 20.4. The Balaban J connectivity index is 0.000000485. The number of hydrogen-bond acceptors (Lipinski definition) is 13. The number of ether oxygens (including phenoxy) is 4. The summed E-state index contributed by atoms with van der Waals surface area (Å²) < 4.78 is 55.0. The normalized spacial score (nSPS) is 10.7. The molecule has 1 atom stereocenters. The number of aromatic nitrogens is 6. The van der Waals surface area contributed by atoms with Gasteiger partial charge in [-0.2, -0.15) is 9.76 Å². The molecule has 3 aromatic rings. The van der Waals surface area contributed by atoms with E-state index >= 15 is 0 Å². The number of rotatable bonds is 8. The number of halogens is 1. The van der Waals surface area contributed by atoms with E-state index in [1.54, 1.807) is 14.0 Å². The van der Waals surface area contributed by atoms with E-state index in [-0.39, 0.29) is 21.1 Å². The first-order valence-corrected chi connectivity index (χ1v) is 14.2. The van der Waals surface area contributed by atoms with Crippen LogP contribution in [-0.4, -0.2) is 78.4 Å². The Morgan fingerprint density at radius 1 is 0.930 bits per heavy atom. The van der Waals surface area contributed by atoms with E-state index in [9.17, 15) is 23.0 Å². The lowest BCUT2D eigenvalue weighted by molar-refractivity contribution is 0.0595. The highest BCUT2D eigenvalue weighted by Gasteiger charge is 2.23. The van der Waals surface area contributed by atoms with Gasteiger partial charge in [0.05, 0.1) is 33.0 Å². The number of hydrogen-bond donors (Lipinski definition) is 1. The van der Waals surface area contributed by atoms with Crippen molar-refractivity contribution in [3.8, 4) is 12.0 Å². The standard InChI is InChI=1S/C14H15FN4O6S2.C7H11N3O3S.C2H6/c1-4-24-13-16-19(14(26)18(13)2)12(21)17-25-27(22)10-8(11(20)23-3)6-5-7-9(10)15;1-4-13-5-8-10(7(11)12-3)6(14)9(5)2;1-2/h5-7H,4H2,1-3H3,(H,17,21);4H2,1-3H3;1-2H3. The number of benzene rings is 1. The number of nitrogens with one attached hydrogen (secondary N) is 1. The van der Waals surface area contributed by atoms with E-state index < -0.39 is 39.9 Å². The van der Waals surface area contributed by atoms with Gasteiger partial charge in [0.1, 0.15) is 10.7 Å². The van der Waals surface area contributed by atoms with Crippen LogP contribution < -0.4 is 15.0 Å². The minimum absolute atomic E-state index is 0.0218. The van der Waals surface area contributed by atoms with Crippen LogP contribution in [0, 0.1) is 15.4 Å². The molecule has 3 rings (SSSR count). The van der Waals surface area contributed by atoms with Crippen LogP contribution in [0.5, 0.6) is 12.0 Å². The SMILES string of the molecule is CC.CCOc1nn(C(=O)NOS(=O)c2c(F)cccc2C(=O)OC)c(=S)n1C.CCOc1nn(C(=O)OC)c(=S)n1C. The molecule has 0 aliphatic heterocycles. The van der Waals surface area contributed by atoms with E-state index in [1.807, 2.05) is 26.3 Å². The van der Waals surface area contributed by atoms with Gasteiger partial charge >= 0.3 is 30.1 Å². The van der Waals surface area contributed by atoms with Gasteiger partial charge in [-0.15, -0.1) is 19.6 Å². The fourth-order valence-electron chi connectivity index (χ4n) is 2.79. The second-order valence-corrected chi connectivity index (χ2v) is 9.02. The fourth-order valence-corrected chi connectivity index (χ4v) is 3.98. The number of nitrogens with zero attached hydrogens (tertiary/aromatic N) is 6. The van der Waals surface area contributed by atoms with Gasteiger partial charge in [-0.25, -0.2) is 23.0 Å². The minimum atomic E-state index is -2.55. The lowest BCUT2D eigenvalue weighted by Gasteiger charge is -2.09. The van der Waals surface area contributed by atoms with Crippen molar-refractivity contribution < 1.29 is 46.2 Å². The first kappa shape index (κ1) is 37.0. The largest absolute Gasteiger partial charge is 0.465 e. The molecule has 0 radical (unpaired) electrons. The Kier molecular flexibility index (Phi) is 15.4. The van der Waals surface area contributed by atoms with E-state index in [1.165, 1.54) is 35.4 Å². The Morgan fingerprint density at radius 2 is 1.44 bits per heavy atom. The van der Waals surface area contributed by atoms with E-state index in [2.05, 4.69) is 19.7 Å². The second-order valence-electron chi connectivity index (χ2n) is 7.24. The van der Waals surface area contributed by atoms with Crippen molar-refractivity contribution in [1.29, 1.82) is 0 Å². The smallest absolute Gasteiger partial charge is 0.437 e. The summed E-state index contributed by atoms with van der Waals surface area (Å²) in [6, 6.07) is 2.81. The van der Waals surface area contributed by atoms with Gasteiger partial charge in [0.15, 0.2) is 0 Å². The average molecular weight is 666 g/mol. The Hall–Kier alpha value is -4.01. The molecule has 0 aliphatic rings. The Labute approximate surface area is 258 Å². The van der Waals surface area contributed by atoms with Crippen LogP contribution in [0.2, 0.25) is 0 Å². The van der Waals surface area contributed by atoms with Gasteiger partial charge < -0.3 is 18.9 Å². The van der Waals surface area contributed by atoms with E-state index in [0.717, 1.165) is 22.5 Å². The van der Waals surface area contributed by atoms with E-state index in [0.29, 0.717) is 19.2 Å². The molecule has 43 heavy (non-hydrogen) atoms. The molecular formula is C23H32FN7O9S3. The van der Waals surface area contributed by atoms with Crippen molar-refractivity contribution in [1.82, 2.24) is 34.2 Å². The van der Waals surface area contributed by atoms with Gasteiger partial charge in [-0.3, -0.25) is 9.13 Å². The molecule has 20 heteroatoms. The zero-order valence-corrected chi connectivity index (χ0v) is 27.1.